The molecular formula is C18H19F2N3O. The van der Waals surface area contributed by atoms with E-state index < -0.39 is 17.5 Å². The maximum absolute atomic E-state index is 14.0. The van der Waals surface area contributed by atoms with E-state index in [-0.39, 0.29) is 16.9 Å². The van der Waals surface area contributed by atoms with E-state index in [4.69, 9.17) is 11.5 Å². The molecule has 0 fully saturated rings. The number of nitrogen functional groups attached to an aromatic ring is 1. The van der Waals surface area contributed by atoms with E-state index in [9.17, 15) is 13.6 Å². The summed E-state index contributed by atoms with van der Waals surface area (Å²) in [7, 11) is 0. The summed E-state index contributed by atoms with van der Waals surface area (Å²) in [4.78, 5) is 11.8. The van der Waals surface area contributed by atoms with Crippen molar-refractivity contribution in [2.45, 2.75) is 13.3 Å². The lowest BCUT2D eigenvalue weighted by Crippen LogP contribution is -2.29. The molecule has 0 saturated heterocycles. The number of hydrogen-bond donors (Lipinski definition) is 3. The van der Waals surface area contributed by atoms with Crippen molar-refractivity contribution in [3.05, 3.63) is 59.3 Å². The van der Waals surface area contributed by atoms with Gasteiger partial charge in [-0.1, -0.05) is 25.1 Å². The molecule has 126 valence electrons. The molecule has 2 aromatic rings. The minimum atomic E-state index is -0.585. The average Bonchev–Trinajstić information content (AvgIpc) is 2.56. The number of amides is 1. The van der Waals surface area contributed by atoms with Gasteiger partial charge in [-0.25, -0.2) is 8.78 Å². The summed E-state index contributed by atoms with van der Waals surface area (Å²) in [6.07, 6.45) is 2.20. The Hall–Kier alpha value is -2.89. The Morgan fingerprint density at radius 2 is 1.96 bits per heavy atom. The second kappa shape index (κ2) is 7.59. The van der Waals surface area contributed by atoms with Gasteiger partial charge in [0.1, 0.15) is 11.6 Å². The Morgan fingerprint density at radius 3 is 2.67 bits per heavy atom. The average molecular weight is 331 g/mol. The largest absolute Gasteiger partial charge is 0.398 e. The van der Waals surface area contributed by atoms with Gasteiger partial charge in [0.2, 0.25) is 0 Å². The number of hydrogen-bond acceptors (Lipinski definition) is 3. The van der Waals surface area contributed by atoms with Crippen LogP contribution in [0.2, 0.25) is 0 Å². The third kappa shape index (κ3) is 3.90. The van der Waals surface area contributed by atoms with Crippen molar-refractivity contribution in [2.24, 2.45) is 5.73 Å². The van der Waals surface area contributed by atoms with Crippen molar-refractivity contribution in [1.29, 1.82) is 0 Å². The van der Waals surface area contributed by atoms with Crippen LogP contribution in [0.25, 0.3) is 17.2 Å². The van der Waals surface area contributed by atoms with Crippen molar-refractivity contribution < 1.29 is 13.6 Å². The number of carbonyl (C=O) groups excluding carboxylic acids is 1. The maximum atomic E-state index is 14.0. The van der Waals surface area contributed by atoms with Crippen LogP contribution in [0.4, 0.5) is 14.5 Å². The molecule has 0 aliphatic rings. The van der Waals surface area contributed by atoms with Gasteiger partial charge in [-0.05, 0) is 30.7 Å². The first-order valence-corrected chi connectivity index (χ1v) is 7.53. The van der Waals surface area contributed by atoms with E-state index in [1.165, 1.54) is 6.08 Å². The van der Waals surface area contributed by atoms with Crippen LogP contribution in [0.15, 0.2) is 42.1 Å². The monoisotopic (exact) mass is 331 g/mol. The molecule has 1 amide bonds. The third-order valence-corrected chi connectivity index (χ3v) is 3.47. The van der Waals surface area contributed by atoms with E-state index in [2.05, 4.69) is 5.32 Å². The zero-order valence-corrected chi connectivity index (χ0v) is 13.3. The van der Waals surface area contributed by atoms with Gasteiger partial charge in [0, 0.05) is 28.9 Å². The zero-order chi connectivity index (χ0) is 17.7. The van der Waals surface area contributed by atoms with Crippen LogP contribution < -0.4 is 16.8 Å². The number of nitrogens with one attached hydrogen (secondary N) is 1. The molecule has 0 bridgehead atoms. The van der Waals surface area contributed by atoms with Crippen LogP contribution in [-0.2, 0) is 4.79 Å². The second-order valence-electron chi connectivity index (χ2n) is 5.29. The molecule has 4 nitrogen and oxygen atoms in total. The van der Waals surface area contributed by atoms with Crippen LogP contribution in [0.1, 0.15) is 18.9 Å². The first-order chi connectivity index (χ1) is 11.4. The molecule has 0 atom stereocenters. The number of nitrogens with two attached hydrogens (primary N) is 2. The van der Waals surface area contributed by atoms with Crippen molar-refractivity contribution in [3.8, 4) is 11.1 Å². The fourth-order valence-corrected chi connectivity index (χ4v) is 2.22. The van der Waals surface area contributed by atoms with Gasteiger partial charge >= 0.3 is 0 Å². The van der Waals surface area contributed by atoms with Gasteiger partial charge in [-0.3, -0.25) is 4.79 Å². The minimum absolute atomic E-state index is 0.00739. The summed E-state index contributed by atoms with van der Waals surface area (Å²) in [6, 6.07) is 8.02. The van der Waals surface area contributed by atoms with E-state index in [1.807, 2.05) is 6.92 Å². The first kappa shape index (κ1) is 17.5. The standard InChI is InChI=1S/C18H19F2N3O/c1-2-8-23-18(24)16(21)9-11-4-3-5-13(17(11)22)14-10-12(19)6-7-15(14)20/h3-7,9-10H,2,8,21-22H2,1H3,(H,23,24)/b16-9-. The summed E-state index contributed by atoms with van der Waals surface area (Å²) >= 11 is 0. The van der Waals surface area contributed by atoms with Crippen LogP contribution >= 0.6 is 0 Å². The number of rotatable bonds is 5. The lowest BCUT2D eigenvalue weighted by molar-refractivity contribution is -0.117. The molecule has 0 unspecified atom stereocenters. The Morgan fingerprint density at radius 1 is 1.21 bits per heavy atom. The lowest BCUT2D eigenvalue weighted by atomic mass is 9.99. The summed E-state index contributed by atoms with van der Waals surface area (Å²) in [5.74, 6) is -1.55. The van der Waals surface area contributed by atoms with Crippen molar-refractivity contribution in [2.75, 3.05) is 12.3 Å². The molecule has 0 aromatic heterocycles. The Labute approximate surface area is 139 Å². The molecule has 6 heteroatoms. The topological polar surface area (TPSA) is 81.1 Å². The molecule has 2 rings (SSSR count). The fourth-order valence-electron chi connectivity index (χ4n) is 2.22. The first-order valence-electron chi connectivity index (χ1n) is 7.53. The summed E-state index contributed by atoms with van der Waals surface area (Å²) in [5.41, 5.74) is 12.9. The molecular weight excluding hydrogens is 312 g/mol. The molecule has 0 heterocycles. The zero-order valence-electron chi connectivity index (χ0n) is 13.3. The van der Waals surface area contributed by atoms with Crippen molar-refractivity contribution in [1.82, 2.24) is 5.32 Å². The number of para-hydroxylation sites is 1. The number of halogens is 2. The second-order valence-corrected chi connectivity index (χ2v) is 5.29. The summed E-state index contributed by atoms with van der Waals surface area (Å²) < 4.78 is 27.4. The third-order valence-electron chi connectivity index (χ3n) is 3.47. The van der Waals surface area contributed by atoms with Gasteiger partial charge in [-0.2, -0.15) is 0 Å². The molecule has 5 N–H and O–H groups in total. The summed E-state index contributed by atoms with van der Waals surface area (Å²) in [5, 5.41) is 2.65. The van der Waals surface area contributed by atoms with Gasteiger partial charge in [-0.15, -0.1) is 0 Å². The fraction of sp³-hybridized carbons (Fsp3) is 0.167. The van der Waals surface area contributed by atoms with Crippen molar-refractivity contribution in [3.63, 3.8) is 0 Å². The predicted octanol–water partition coefficient (Wildman–Crippen LogP) is 3.04. The predicted molar refractivity (Wildman–Crippen MR) is 91.7 cm³/mol. The van der Waals surface area contributed by atoms with Crippen molar-refractivity contribution >= 4 is 17.7 Å². The minimum Gasteiger partial charge on any atom is -0.398 e. The van der Waals surface area contributed by atoms with E-state index in [0.29, 0.717) is 17.7 Å². The molecule has 0 aliphatic carbocycles. The van der Waals surface area contributed by atoms with E-state index >= 15 is 0 Å². The Balaban J connectivity index is 2.41. The lowest BCUT2D eigenvalue weighted by Gasteiger charge is -2.11. The SMILES string of the molecule is CCCNC(=O)/C(N)=C/c1cccc(-c2cc(F)ccc2F)c1N. The van der Waals surface area contributed by atoms with Crippen LogP contribution in [0.5, 0.6) is 0 Å². The van der Waals surface area contributed by atoms with E-state index in [1.54, 1.807) is 18.2 Å². The Kier molecular flexibility index (Phi) is 5.52. The van der Waals surface area contributed by atoms with Gasteiger partial charge in [0.25, 0.3) is 5.91 Å². The smallest absolute Gasteiger partial charge is 0.267 e. The van der Waals surface area contributed by atoms with Gasteiger partial charge in [0.05, 0.1) is 5.70 Å². The highest BCUT2D eigenvalue weighted by Crippen LogP contribution is 2.31. The molecule has 24 heavy (non-hydrogen) atoms. The van der Waals surface area contributed by atoms with E-state index in [0.717, 1.165) is 24.6 Å². The maximum Gasteiger partial charge on any atom is 0.267 e. The highest BCUT2D eigenvalue weighted by Gasteiger charge is 2.12. The van der Waals surface area contributed by atoms with Crippen LogP contribution in [0, 0.1) is 11.6 Å². The van der Waals surface area contributed by atoms with Crippen LogP contribution in [-0.4, -0.2) is 12.5 Å². The molecule has 0 radical (unpaired) electrons. The summed E-state index contributed by atoms with van der Waals surface area (Å²) in [6.45, 7) is 2.44. The van der Waals surface area contributed by atoms with Crippen LogP contribution in [0.3, 0.4) is 0 Å². The molecule has 2 aromatic carbocycles. The number of benzene rings is 2. The van der Waals surface area contributed by atoms with Gasteiger partial charge in [0.15, 0.2) is 0 Å². The highest BCUT2D eigenvalue weighted by molar-refractivity contribution is 5.98. The normalized spacial score (nSPS) is 11.4. The molecule has 0 aliphatic heterocycles. The van der Waals surface area contributed by atoms with Gasteiger partial charge < -0.3 is 16.8 Å². The molecule has 0 spiro atoms. The number of anilines is 1. The quantitative estimate of drug-likeness (QED) is 0.582. The highest BCUT2D eigenvalue weighted by atomic mass is 19.1. The Bertz CT molecular complexity index is 788. The number of carbonyl (C=O) groups is 1. The molecule has 0 saturated carbocycles.